The molecule has 23 rings (SSSR count). The number of nitrogens with zero attached hydrogens (tertiary/aromatic N) is 6. The Balaban J connectivity index is 0.890. The monoisotopic (exact) mass is 1550 g/mol. The van der Waals surface area contributed by atoms with Gasteiger partial charge in [-0.25, -0.2) is 0 Å². The number of hydrogen-bond donors (Lipinski definition) is 0. The van der Waals surface area contributed by atoms with Gasteiger partial charge >= 0.3 is 0 Å². The second-order valence-electron chi connectivity index (χ2n) is 31.7. The number of hydrogen-bond acceptors (Lipinski definition) is 6. The maximum atomic E-state index is 2.70. The first-order valence-corrected chi connectivity index (χ1v) is 42.1. The van der Waals surface area contributed by atoms with E-state index in [0.29, 0.717) is 0 Å². The van der Waals surface area contributed by atoms with Crippen LogP contribution in [0.3, 0.4) is 0 Å². The van der Waals surface area contributed by atoms with Gasteiger partial charge in [-0.3, -0.25) is 0 Å². The molecule has 0 atom stereocenters. The van der Waals surface area contributed by atoms with E-state index in [-0.39, 0.29) is 13.4 Å². The summed E-state index contributed by atoms with van der Waals surface area (Å²) < 4.78 is 0. The van der Waals surface area contributed by atoms with Gasteiger partial charge in [0.05, 0.1) is 28.4 Å². The van der Waals surface area contributed by atoms with E-state index in [0.717, 1.165) is 169 Å². The Morgan fingerprint density at radius 1 is 0.164 bits per heavy atom. The van der Waals surface area contributed by atoms with Crippen LogP contribution in [0.1, 0.15) is 0 Å². The highest BCUT2D eigenvalue weighted by molar-refractivity contribution is 7.03. The lowest BCUT2D eigenvalue weighted by Crippen LogP contribution is -2.65. The van der Waals surface area contributed by atoms with Gasteiger partial charge in [0.2, 0.25) is 0 Å². The molecule has 4 aliphatic heterocycles. The number of fused-ring (bicyclic) bond motifs is 8. The highest BCUT2D eigenvalue weighted by Gasteiger charge is 2.50. The van der Waals surface area contributed by atoms with Crippen molar-refractivity contribution in [3.63, 3.8) is 0 Å². The van der Waals surface area contributed by atoms with Crippen molar-refractivity contribution in [3.05, 3.63) is 473 Å². The van der Waals surface area contributed by atoms with Crippen LogP contribution in [-0.4, -0.2) is 13.4 Å². The number of benzene rings is 19. The van der Waals surface area contributed by atoms with Gasteiger partial charge in [0.25, 0.3) is 13.4 Å². The topological polar surface area (TPSA) is 19.4 Å². The molecule has 0 radical (unpaired) electrons. The van der Waals surface area contributed by atoms with Gasteiger partial charge in [-0.05, 0) is 169 Å². The van der Waals surface area contributed by atoms with Gasteiger partial charge in [-0.1, -0.05) is 370 Å². The molecule has 0 fully saturated rings. The third-order valence-electron chi connectivity index (χ3n) is 24.9. The molecular weight excluding hydrogens is 1470 g/mol. The smallest absolute Gasteiger partial charge is 0.252 e. The minimum absolute atomic E-state index is 0.300. The Morgan fingerprint density at radius 2 is 0.418 bits per heavy atom. The van der Waals surface area contributed by atoms with Gasteiger partial charge in [-0.15, -0.1) is 0 Å². The molecule has 0 saturated carbocycles. The molecule has 122 heavy (non-hydrogen) atoms. The molecule has 8 heteroatoms. The predicted molar refractivity (Wildman–Crippen MR) is 516 cm³/mol. The van der Waals surface area contributed by atoms with E-state index in [1.165, 1.54) is 32.8 Å². The van der Waals surface area contributed by atoms with Crippen molar-refractivity contribution in [2.75, 3.05) is 29.4 Å². The molecule has 0 unspecified atom stereocenters. The fourth-order valence-corrected chi connectivity index (χ4v) is 19.8. The Kier molecular flexibility index (Phi) is 17.7. The van der Waals surface area contributed by atoms with Crippen molar-refractivity contribution in [3.8, 4) is 66.8 Å². The van der Waals surface area contributed by atoms with Crippen molar-refractivity contribution in [2.24, 2.45) is 0 Å². The van der Waals surface area contributed by atoms with Gasteiger partial charge in [0, 0.05) is 107 Å². The van der Waals surface area contributed by atoms with E-state index in [4.69, 9.17) is 0 Å². The van der Waals surface area contributed by atoms with Crippen LogP contribution in [0.2, 0.25) is 0 Å². The summed E-state index contributed by atoms with van der Waals surface area (Å²) in [5, 5.41) is 0. The normalized spacial score (nSPS) is 12.5. The maximum Gasteiger partial charge on any atom is 0.252 e. The largest absolute Gasteiger partial charge is 0.311 e. The third kappa shape index (κ3) is 12.0. The molecule has 19 aromatic carbocycles. The molecule has 6 nitrogen and oxygen atoms in total. The Bertz CT molecular complexity index is 6930. The molecule has 0 spiro atoms. The van der Waals surface area contributed by atoms with Crippen molar-refractivity contribution < 1.29 is 0 Å². The number of para-hydroxylation sites is 10. The quantitative estimate of drug-likeness (QED) is 0.0892. The zero-order valence-corrected chi connectivity index (χ0v) is 66.9. The van der Waals surface area contributed by atoms with E-state index in [1.807, 2.05) is 0 Å². The second-order valence-corrected chi connectivity index (χ2v) is 31.7. The summed E-state index contributed by atoms with van der Waals surface area (Å²) >= 11 is 0. The van der Waals surface area contributed by atoms with Crippen LogP contribution in [-0.2, 0) is 0 Å². The van der Waals surface area contributed by atoms with E-state index in [1.54, 1.807) is 0 Å². The zero-order chi connectivity index (χ0) is 80.6. The molecule has 570 valence electrons. The van der Waals surface area contributed by atoms with Crippen LogP contribution in [0, 0.1) is 0 Å². The van der Waals surface area contributed by atoms with Crippen LogP contribution < -0.4 is 62.2 Å². The highest BCUT2D eigenvalue weighted by atomic mass is 15.2. The van der Waals surface area contributed by atoms with E-state index >= 15 is 0 Å². The molecule has 0 aromatic heterocycles. The first-order valence-electron chi connectivity index (χ1n) is 42.1. The van der Waals surface area contributed by atoms with E-state index in [9.17, 15) is 0 Å². The summed E-state index contributed by atoms with van der Waals surface area (Å²) in [7, 11) is 0. The van der Waals surface area contributed by atoms with E-state index in [2.05, 4.69) is 503 Å². The third-order valence-corrected chi connectivity index (χ3v) is 24.9. The van der Waals surface area contributed by atoms with Crippen molar-refractivity contribution in [1.82, 2.24) is 0 Å². The summed E-state index contributed by atoms with van der Waals surface area (Å²) in [6.45, 7) is -0.642. The molecule has 0 N–H and O–H groups in total. The van der Waals surface area contributed by atoms with Gasteiger partial charge in [0.15, 0.2) is 0 Å². The summed E-state index contributed by atoms with van der Waals surface area (Å²) in [4.78, 5) is 15.6. The molecule has 0 bridgehead atoms. The lowest BCUT2D eigenvalue weighted by molar-refractivity contribution is 1.21. The highest BCUT2D eigenvalue weighted by Crippen LogP contribution is 2.58. The van der Waals surface area contributed by atoms with Gasteiger partial charge in [-0.2, -0.15) is 0 Å². The van der Waals surface area contributed by atoms with Gasteiger partial charge < -0.3 is 29.4 Å². The van der Waals surface area contributed by atoms with Crippen LogP contribution >= 0.6 is 0 Å². The fraction of sp³-hybridized carbons (Fsp3) is 0. The molecule has 0 saturated heterocycles. The van der Waals surface area contributed by atoms with Crippen molar-refractivity contribution in [2.45, 2.75) is 0 Å². The SMILES string of the molecule is c1ccc(-c2cccc(-c3ccccc3)c2N(c2ccccc2)c2cc3c4c(c2)N(c2c(-c5ccccc5)cccc2-c2ccccc2)c2ccccc2B4c2cc4c(cc2N3c2ccccc2)N(c2c(-c3ccccc3)cccc2-c2ccccc2)c2cc(N(c3ccccc3)c3ccccc3)cc3c2B4c2ccccc2N3c2ccccc2)cc1. The Labute approximate surface area is 713 Å². The lowest BCUT2D eigenvalue weighted by atomic mass is 9.30. The van der Waals surface area contributed by atoms with Crippen LogP contribution in [0.15, 0.2) is 473 Å². The predicted octanol–water partition coefficient (Wildman–Crippen LogP) is 26.8. The molecular formula is C114H78B2N6. The second kappa shape index (κ2) is 30.2. The zero-order valence-electron chi connectivity index (χ0n) is 66.9. The molecule has 4 aliphatic rings. The van der Waals surface area contributed by atoms with E-state index < -0.39 is 0 Å². The lowest BCUT2D eigenvalue weighted by Gasteiger charge is -2.48. The Hall–Kier alpha value is -15.9. The standard InChI is InChI=1S/C114H78B2N6/c1-12-41-79(42-13-1)92-63-38-64-93(80-43-14-2-15-44-80)112(92)118(87-57-28-9-29-58-87)91-75-107-111-108(76-91)121(113-94(81-45-16-3-17-46-81)65-39-66-95(113)82-47-18-4-19-48-82)103-72-37-35-70-99(103)116(111)100-77-101-105(78-104(100)120(107)89-61-32-11-33-62-89)122(114-96(83-49-20-5-21-50-83)67-40-68-97(114)84-51-22-6-23-52-84)109-74-90(117(85-53-24-7-25-54-85)86-55-26-8-27-56-86)73-106-110(109)115(101)98-69-34-36-71-102(98)119(106)88-59-30-10-31-60-88/h1-78H. The van der Waals surface area contributed by atoms with Gasteiger partial charge in [0.1, 0.15) is 0 Å². The molecule has 0 amide bonds. The average molecular weight is 1550 g/mol. The minimum atomic E-state index is -0.342. The van der Waals surface area contributed by atoms with Crippen molar-refractivity contribution >= 4 is 149 Å². The number of rotatable bonds is 16. The average Bonchev–Trinajstić information content (AvgIpc) is 0.677. The van der Waals surface area contributed by atoms with Crippen LogP contribution in [0.25, 0.3) is 66.8 Å². The summed E-state index contributed by atoms with van der Waals surface area (Å²) in [5.41, 5.74) is 39.6. The first kappa shape index (κ1) is 71.4. The summed E-state index contributed by atoms with van der Waals surface area (Å²) in [5.74, 6) is 0. The first-order chi connectivity index (χ1) is 60.6. The number of anilines is 18. The molecule has 4 heterocycles. The summed E-state index contributed by atoms with van der Waals surface area (Å²) in [6.07, 6.45) is 0. The van der Waals surface area contributed by atoms with Crippen LogP contribution in [0.4, 0.5) is 102 Å². The fourth-order valence-electron chi connectivity index (χ4n) is 19.8. The molecule has 19 aromatic rings. The van der Waals surface area contributed by atoms with Crippen LogP contribution in [0.5, 0.6) is 0 Å². The Morgan fingerprint density at radius 3 is 0.779 bits per heavy atom. The van der Waals surface area contributed by atoms with Crippen molar-refractivity contribution in [1.29, 1.82) is 0 Å². The maximum absolute atomic E-state index is 2.70. The molecule has 0 aliphatic carbocycles. The summed E-state index contributed by atoms with van der Waals surface area (Å²) in [6, 6.07) is 176. The minimum Gasteiger partial charge on any atom is -0.311 e.